The Bertz CT molecular complexity index is 1100. The molecule has 1 aromatic heterocycles. The van der Waals surface area contributed by atoms with E-state index >= 15 is 0 Å². The number of hydrogen-bond donors (Lipinski definition) is 1. The zero-order valence-electron chi connectivity index (χ0n) is 16.3. The molecule has 0 saturated carbocycles. The molecule has 1 fully saturated rings. The van der Waals surface area contributed by atoms with Crippen LogP contribution in [0.3, 0.4) is 0 Å². The number of amides is 1. The Kier molecular flexibility index (Phi) is 5.94. The lowest BCUT2D eigenvalue weighted by Gasteiger charge is -2.16. The van der Waals surface area contributed by atoms with Crippen LogP contribution in [0.1, 0.15) is 22.3 Å². The van der Waals surface area contributed by atoms with Gasteiger partial charge in [-0.15, -0.1) is 0 Å². The van der Waals surface area contributed by atoms with Crippen LogP contribution in [-0.2, 0) is 16.1 Å². The maximum Gasteiger partial charge on any atom is 0.345 e. The van der Waals surface area contributed by atoms with Crippen molar-refractivity contribution in [3.63, 3.8) is 0 Å². The van der Waals surface area contributed by atoms with E-state index in [4.69, 9.17) is 4.74 Å². The van der Waals surface area contributed by atoms with Gasteiger partial charge < -0.3 is 19.4 Å². The van der Waals surface area contributed by atoms with Crippen LogP contribution in [0.25, 0.3) is 10.9 Å². The summed E-state index contributed by atoms with van der Waals surface area (Å²) < 4.78 is 48.2. The van der Waals surface area contributed by atoms with Gasteiger partial charge in [-0.2, -0.15) is 8.78 Å². The molecule has 9 heteroatoms. The van der Waals surface area contributed by atoms with E-state index < -0.39 is 24.4 Å². The van der Waals surface area contributed by atoms with Gasteiger partial charge in [-0.1, -0.05) is 18.2 Å². The molecule has 0 unspecified atom stereocenters. The Labute approximate surface area is 175 Å². The van der Waals surface area contributed by atoms with E-state index in [9.17, 15) is 22.8 Å². The quantitative estimate of drug-likeness (QED) is 0.454. The summed E-state index contributed by atoms with van der Waals surface area (Å²) in [5, 5.41) is 0.447. The molecular weight excluding hydrogens is 413 g/mol. The van der Waals surface area contributed by atoms with Gasteiger partial charge in [0, 0.05) is 24.8 Å². The molecule has 1 atom stereocenters. The maximum absolute atomic E-state index is 13.1. The normalized spacial score (nSPS) is 16.3. The molecule has 162 valence electrons. The molecule has 0 radical (unpaired) electrons. The molecule has 0 aliphatic carbocycles. The number of nitrogens with zero attached hydrogens (tertiary/aromatic N) is 1. The number of carbonyl (C=O) groups excluding carboxylic acids is 2. The number of Topliss-reactive ketones (excluding diaryl/α,β-unsaturated/α-hetero) is 1. The average Bonchev–Trinajstić information content (AvgIpc) is 3.39. The highest BCUT2D eigenvalue weighted by molar-refractivity contribution is 6.45. The zero-order chi connectivity index (χ0) is 22.0. The van der Waals surface area contributed by atoms with Gasteiger partial charge >= 0.3 is 6.61 Å². The lowest BCUT2D eigenvalue weighted by atomic mass is 10.1. The number of aromatic amines is 1. The van der Waals surface area contributed by atoms with Gasteiger partial charge in [0.1, 0.15) is 18.2 Å². The van der Waals surface area contributed by atoms with E-state index in [2.05, 4.69) is 9.72 Å². The summed E-state index contributed by atoms with van der Waals surface area (Å²) in [4.78, 5) is 29.8. The molecule has 2 heterocycles. The molecule has 1 saturated heterocycles. The molecule has 2 aromatic carbocycles. The predicted molar refractivity (Wildman–Crippen MR) is 105 cm³/mol. The van der Waals surface area contributed by atoms with Crippen LogP contribution in [0.15, 0.2) is 48.7 Å². The van der Waals surface area contributed by atoms with Crippen LogP contribution >= 0.6 is 0 Å². The number of rotatable bonds is 7. The minimum atomic E-state index is -2.93. The van der Waals surface area contributed by atoms with Crippen molar-refractivity contribution in [2.45, 2.75) is 25.7 Å². The Morgan fingerprint density at radius 1 is 1.16 bits per heavy atom. The SMILES string of the molecule is O=C(C(=O)N1CC[C@@H](OC(F)F)C1)c1c[nH]c2cccc(OCc3ccc(F)cc3)c12. The third kappa shape index (κ3) is 4.56. The van der Waals surface area contributed by atoms with Crippen molar-refractivity contribution in [1.29, 1.82) is 0 Å². The highest BCUT2D eigenvalue weighted by Gasteiger charge is 2.33. The van der Waals surface area contributed by atoms with Crippen molar-refractivity contribution < 1.29 is 32.2 Å². The average molecular weight is 432 g/mol. The first-order valence-corrected chi connectivity index (χ1v) is 9.67. The van der Waals surface area contributed by atoms with Gasteiger partial charge in [-0.25, -0.2) is 4.39 Å². The Hall–Kier alpha value is -3.33. The Morgan fingerprint density at radius 2 is 1.94 bits per heavy atom. The molecule has 3 aromatic rings. The van der Waals surface area contributed by atoms with Crippen molar-refractivity contribution in [2.75, 3.05) is 13.1 Å². The third-order valence-corrected chi connectivity index (χ3v) is 5.14. The number of H-pyrrole nitrogens is 1. The van der Waals surface area contributed by atoms with Gasteiger partial charge in [0.2, 0.25) is 0 Å². The minimum absolute atomic E-state index is 0.0643. The second-order valence-corrected chi connectivity index (χ2v) is 7.18. The first-order chi connectivity index (χ1) is 14.9. The fourth-order valence-corrected chi connectivity index (χ4v) is 3.62. The monoisotopic (exact) mass is 432 g/mol. The molecule has 0 spiro atoms. The van der Waals surface area contributed by atoms with Crippen molar-refractivity contribution in [2.24, 2.45) is 0 Å². The summed E-state index contributed by atoms with van der Waals surface area (Å²) in [5.41, 5.74) is 1.47. The summed E-state index contributed by atoms with van der Waals surface area (Å²) >= 11 is 0. The lowest BCUT2D eigenvalue weighted by Crippen LogP contribution is -2.35. The van der Waals surface area contributed by atoms with Crippen LogP contribution < -0.4 is 4.74 Å². The van der Waals surface area contributed by atoms with Gasteiger partial charge in [0.15, 0.2) is 0 Å². The molecular formula is C22H19F3N2O4. The largest absolute Gasteiger partial charge is 0.488 e. The molecule has 6 nitrogen and oxygen atoms in total. The van der Waals surface area contributed by atoms with Gasteiger partial charge in [0.05, 0.1) is 17.1 Å². The molecule has 4 rings (SSSR count). The van der Waals surface area contributed by atoms with Crippen molar-refractivity contribution in [3.05, 3.63) is 65.6 Å². The molecule has 1 amide bonds. The number of ketones is 1. The number of benzene rings is 2. The number of fused-ring (bicyclic) bond motifs is 1. The number of nitrogens with one attached hydrogen (secondary N) is 1. The number of aromatic nitrogens is 1. The van der Waals surface area contributed by atoms with Gasteiger partial charge in [0.25, 0.3) is 11.7 Å². The maximum atomic E-state index is 13.1. The summed E-state index contributed by atoms with van der Waals surface area (Å²) in [6.45, 7) is -2.68. The van der Waals surface area contributed by atoms with E-state index in [1.165, 1.54) is 23.2 Å². The van der Waals surface area contributed by atoms with Crippen LogP contribution in [0, 0.1) is 5.82 Å². The van der Waals surface area contributed by atoms with Crippen LogP contribution in [0.2, 0.25) is 0 Å². The van der Waals surface area contributed by atoms with E-state index in [0.717, 1.165) is 5.56 Å². The molecule has 1 N–H and O–H groups in total. The molecule has 1 aliphatic heterocycles. The lowest BCUT2D eigenvalue weighted by molar-refractivity contribution is -0.159. The zero-order valence-corrected chi connectivity index (χ0v) is 16.3. The number of hydrogen-bond acceptors (Lipinski definition) is 4. The van der Waals surface area contributed by atoms with Crippen molar-refractivity contribution in [3.8, 4) is 5.75 Å². The fourth-order valence-electron chi connectivity index (χ4n) is 3.62. The van der Waals surface area contributed by atoms with Crippen LogP contribution in [0.5, 0.6) is 5.75 Å². The summed E-state index contributed by atoms with van der Waals surface area (Å²) in [6, 6.07) is 11.0. The number of likely N-dealkylation sites (tertiary alicyclic amines) is 1. The number of ether oxygens (including phenoxy) is 2. The topological polar surface area (TPSA) is 71.6 Å². The van der Waals surface area contributed by atoms with Gasteiger partial charge in [-0.3, -0.25) is 9.59 Å². The van der Waals surface area contributed by atoms with Crippen molar-refractivity contribution in [1.82, 2.24) is 9.88 Å². The highest BCUT2D eigenvalue weighted by atomic mass is 19.3. The summed E-state index contributed by atoms with van der Waals surface area (Å²) in [7, 11) is 0. The van der Waals surface area contributed by atoms with Crippen molar-refractivity contribution >= 4 is 22.6 Å². The molecule has 1 aliphatic rings. The van der Waals surface area contributed by atoms with E-state index in [1.54, 1.807) is 30.3 Å². The predicted octanol–water partition coefficient (Wildman–Crippen LogP) is 3.91. The summed E-state index contributed by atoms with van der Waals surface area (Å²) in [6.07, 6.45) is 0.872. The van der Waals surface area contributed by atoms with Crippen LogP contribution in [-0.4, -0.2) is 47.4 Å². The number of carbonyl (C=O) groups is 2. The number of alkyl halides is 2. The Morgan fingerprint density at radius 3 is 2.68 bits per heavy atom. The Balaban J connectivity index is 1.53. The van der Waals surface area contributed by atoms with E-state index in [0.29, 0.717) is 16.7 Å². The first-order valence-electron chi connectivity index (χ1n) is 9.67. The van der Waals surface area contributed by atoms with E-state index in [-0.39, 0.29) is 37.5 Å². The fraction of sp³-hybridized carbons (Fsp3) is 0.273. The smallest absolute Gasteiger partial charge is 0.345 e. The highest BCUT2D eigenvalue weighted by Crippen LogP contribution is 2.30. The molecule has 0 bridgehead atoms. The summed E-state index contributed by atoms with van der Waals surface area (Å²) in [5.74, 6) is -1.51. The van der Waals surface area contributed by atoms with Gasteiger partial charge in [-0.05, 0) is 36.2 Å². The molecule has 31 heavy (non-hydrogen) atoms. The standard InChI is InChI=1S/C22H19F3N2O4/c23-14-6-4-13(5-7-14)12-30-18-3-1-2-17-19(18)16(10-26-17)20(28)21(29)27-9-8-15(11-27)31-22(24)25/h1-7,10,15,22,26H,8-9,11-12H2/t15-/m1/s1. The first kappa shape index (κ1) is 20.9. The third-order valence-electron chi connectivity index (χ3n) is 5.14. The number of halogens is 3. The second kappa shape index (κ2) is 8.81. The second-order valence-electron chi connectivity index (χ2n) is 7.18. The minimum Gasteiger partial charge on any atom is -0.488 e. The van der Waals surface area contributed by atoms with Crippen LogP contribution in [0.4, 0.5) is 13.2 Å². The van der Waals surface area contributed by atoms with E-state index in [1.807, 2.05) is 0 Å².